The van der Waals surface area contributed by atoms with Crippen molar-refractivity contribution in [3.05, 3.63) is 317 Å². The van der Waals surface area contributed by atoms with E-state index in [4.69, 9.17) is 18.9 Å². The average Bonchev–Trinajstić information content (AvgIpc) is 0.821. The van der Waals surface area contributed by atoms with Crippen molar-refractivity contribution >= 4 is 99.8 Å². The van der Waals surface area contributed by atoms with Crippen LogP contribution in [-0.2, 0) is 0 Å². The predicted molar refractivity (Wildman–Crippen MR) is 487 cm³/mol. The molecular formula is C106H121N3O4. The Morgan fingerprint density at radius 2 is 0.354 bits per heavy atom. The lowest BCUT2D eigenvalue weighted by Crippen LogP contribution is -2.09. The summed E-state index contributed by atoms with van der Waals surface area (Å²) in [4.78, 5) is 6.93. The minimum atomic E-state index is 0.650. The van der Waals surface area contributed by atoms with Crippen molar-refractivity contribution < 1.29 is 18.9 Å². The summed E-state index contributed by atoms with van der Waals surface area (Å²) in [6, 6.07) is 97.2. The van der Waals surface area contributed by atoms with E-state index in [1.807, 2.05) is 0 Å². The molecule has 0 saturated carbocycles. The summed E-state index contributed by atoms with van der Waals surface area (Å²) in [7, 11) is 0. The Hall–Kier alpha value is -11.0. The van der Waals surface area contributed by atoms with E-state index in [0.29, 0.717) is 26.4 Å². The van der Waals surface area contributed by atoms with E-state index in [-0.39, 0.29) is 0 Å². The van der Waals surface area contributed by atoms with Gasteiger partial charge in [0.2, 0.25) is 0 Å². The minimum Gasteiger partial charge on any atom is -0.493 e. The van der Waals surface area contributed by atoms with Crippen LogP contribution < -0.4 is 33.6 Å². The fourth-order valence-electron chi connectivity index (χ4n) is 14.4. The second-order valence-electron chi connectivity index (χ2n) is 29.7. The van der Waals surface area contributed by atoms with Gasteiger partial charge in [-0.25, -0.2) is 0 Å². The Morgan fingerprint density at radius 1 is 0.186 bits per heavy atom. The van der Waals surface area contributed by atoms with Gasteiger partial charge in [0.25, 0.3) is 0 Å². The third-order valence-electron chi connectivity index (χ3n) is 20.8. The van der Waals surface area contributed by atoms with Crippen molar-refractivity contribution in [1.82, 2.24) is 0 Å². The van der Waals surface area contributed by atoms with Crippen molar-refractivity contribution in [1.29, 1.82) is 0 Å². The van der Waals surface area contributed by atoms with Crippen molar-refractivity contribution in [2.75, 3.05) is 41.1 Å². The van der Waals surface area contributed by atoms with Crippen LogP contribution in [0.2, 0.25) is 0 Å². The lowest BCUT2D eigenvalue weighted by molar-refractivity contribution is 0.295. The summed E-state index contributed by atoms with van der Waals surface area (Å²) < 4.78 is 27.3. The molecule has 0 heterocycles. The molecule has 11 aromatic carbocycles. The van der Waals surface area contributed by atoms with Gasteiger partial charge in [-0.2, -0.15) is 0 Å². The Morgan fingerprint density at radius 3 is 0.540 bits per heavy atom. The van der Waals surface area contributed by atoms with E-state index in [2.05, 4.69) is 364 Å². The molecule has 0 aliphatic heterocycles. The van der Waals surface area contributed by atoms with E-state index in [0.717, 1.165) is 170 Å². The van der Waals surface area contributed by atoms with E-state index >= 15 is 0 Å². The zero-order valence-corrected chi connectivity index (χ0v) is 67.9. The van der Waals surface area contributed by atoms with Gasteiger partial charge in [0.05, 0.1) is 26.4 Å². The molecule has 0 aliphatic rings. The highest BCUT2D eigenvalue weighted by Crippen LogP contribution is 2.41. The fourth-order valence-corrected chi connectivity index (χ4v) is 14.4. The average molecular weight is 1500 g/mol. The number of nitrogens with zero attached hydrogens (tertiary/aromatic N) is 3. The maximum absolute atomic E-state index is 6.83. The Labute approximate surface area is 678 Å². The predicted octanol–water partition coefficient (Wildman–Crippen LogP) is 31.7. The lowest BCUT2D eigenvalue weighted by Gasteiger charge is -2.25. The molecule has 11 rings (SSSR count). The first-order valence-electron chi connectivity index (χ1n) is 42.6. The second-order valence-corrected chi connectivity index (χ2v) is 29.7. The van der Waals surface area contributed by atoms with Gasteiger partial charge >= 0.3 is 0 Å². The quantitative estimate of drug-likeness (QED) is 0.0278. The number of hydrogen-bond acceptors (Lipinski definition) is 7. The van der Waals surface area contributed by atoms with Gasteiger partial charge in [-0.15, -0.1) is 0 Å². The number of hydrogen-bond donors (Lipinski definition) is 0. The van der Waals surface area contributed by atoms with Crippen LogP contribution in [0.1, 0.15) is 226 Å². The van der Waals surface area contributed by atoms with Gasteiger partial charge in [-0.05, 0) is 181 Å². The van der Waals surface area contributed by atoms with Gasteiger partial charge in [0.1, 0.15) is 23.0 Å². The number of unbranched alkanes of at least 4 members (excludes halogenated alkanes) is 20. The summed E-state index contributed by atoms with van der Waals surface area (Å²) in [5, 5.41) is 0. The number of benzene rings is 11. The van der Waals surface area contributed by atoms with Gasteiger partial charge in [0, 0.05) is 73.4 Å². The van der Waals surface area contributed by atoms with Crippen LogP contribution in [0.15, 0.2) is 273 Å². The third kappa shape index (κ3) is 26.6. The Balaban J connectivity index is 0.852. The van der Waals surface area contributed by atoms with Crippen molar-refractivity contribution in [3.63, 3.8) is 0 Å². The lowest BCUT2D eigenvalue weighted by atomic mass is 10.0. The molecule has 0 bridgehead atoms. The summed E-state index contributed by atoms with van der Waals surface area (Å²) in [5.74, 6) is 3.42. The monoisotopic (exact) mass is 1500 g/mol. The van der Waals surface area contributed by atoms with Crippen LogP contribution >= 0.6 is 0 Å². The fraction of sp³-hybridized carbons (Fsp3) is 0.302. The highest BCUT2D eigenvalue weighted by atomic mass is 16.5. The van der Waals surface area contributed by atoms with E-state index in [1.165, 1.54) is 103 Å². The van der Waals surface area contributed by atoms with E-state index < -0.39 is 0 Å². The van der Waals surface area contributed by atoms with Gasteiger partial charge < -0.3 is 33.6 Å². The van der Waals surface area contributed by atoms with Crippen LogP contribution in [0, 0.1) is 0 Å². The number of rotatable bonds is 49. The number of ether oxygens (including phenoxy) is 4. The maximum Gasteiger partial charge on any atom is 0.127 e. The molecular weight excluding hydrogens is 1380 g/mol. The third-order valence-corrected chi connectivity index (χ3v) is 20.8. The van der Waals surface area contributed by atoms with Crippen molar-refractivity contribution in [3.8, 4) is 23.0 Å². The minimum absolute atomic E-state index is 0.650. The molecule has 584 valence electrons. The zero-order valence-electron chi connectivity index (χ0n) is 67.9. The molecule has 0 fully saturated rings. The van der Waals surface area contributed by atoms with Crippen LogP contribution in [0.4, 0.5) is 51.2 Å². The number of para-hydroxylation sites is 5. The molecule has 0 atom stereocenters. The summed E-state index contributed by atoms with van der Waals surface area (Å²) >= 11 is 0. The van der Waals surface area contributed by atoms with Crippen LogP contribution in [0.5, 0.6) is 23.0 Å². The van der Waals surface area contributed by atoms with E-state index in [9.17, 15) is 0 Å². The zero-order chi connectivity index (χ0) is 78.0. The SMILES string of the molecule is CCCCCCCCOc1cc(/C=C/c2ccc(N(c3ccccc3)c3ccc(/C=C/c4cc(OCCCCCCCC)c(/C=C/c5ccc(N(c6ccccc6)c6ccccc6)cc5)cc4OCCCCCCCC)cc3)cc2)c(OCCCCCCCC)cc1/C=C/c1ccc(N(c2ccccc2)c2ccccc2)cc1. The molecule has 0 aliphatic carbocycles. The van der Waals surface area contributed by atoms with Gasteiger partial charge in [-0.3, -0.25) is 0 Å². The number of anilines is 9. The first kappa shape index (κ1) is 82.9. The smallest absolute Gasteiger partial charge is 0.127 e. The Kier molecular flexibility index (Phi) is 34.8. The Bertz CT molecular complexity index is 4240. The summed E-state index contributed by atoms with van der Waals surface area (Å²) in [6.07, 6.45) is 46.3. The van der Waals surface area contributed by atoms with Gasteiger partial charge in [-0.1, -0.05) is 344 Å². The molecule has 0 amide bonds. The summed E-state index contributed by atoms with van der Waals surface area (Å²) in [6.45, 7) is 11.7. The largest absolute Gasteiger partial charge is 0.493 e. The molecule has 0 aromatic heterocycles. The van der Waals surface area contributed by atoms with E-state index in [1.54, 1.807) is 0 Å². The van der Waals surface area contributed by atoms with Crippen molar-refractivity contribution in [2.24, 2.45) is 0 Å². The van der Waals surface area contributed by atoms with Crippen LogP contribution in [-0.4, -0.2) is 26.4 Å². The second kappa shape index (κ2) is 47.4. The maximum atomic E-state index is 6.83. The molecule has 7 heteroatoms. The normalized spacial score (nSPS) is 11.5. The van der Waals surface area contributed by atoms with Gasteiger partial charge in [0.15, 0.2) is 0 Å². The highest BCUT2D eigenvalue weighted by Gasteiger charge is 2.18. The molecule has 0 unspecified atom stereocenters. The highest BCUT2D eigenvalue weighted by molar-refractivity contribution is 5.85. The first-order valence-corrected chi connectivity index (χ1v) is 42.6. The van der Waals surface area contributed by atoms with Crippen LogP contribution in [0.3, 0.4) is 0 Å². The first-order chi connectivity index (χ1) is 55.9. The molecule has 0 N–H and O–H groups in total. The molecule has 113 heavy (non-hydrogen) atoms. The molecule has 0 saturated heterocycles. The molecule has 11 aromatic rings. The van der Waals surface area contributed by atoms with Crippen molar-refractivity contribution in [2.45, 2.75) is 182 Å². The standard InChI is InChI=1S/C106H121N3O4/c1-5-9-13-17-21-40-78-110-103-84-92(105(112-80-42-23-19-15-11-7-3)82-90(103)66-54-86-58-70-99(71-59-86)107(94-44-30-25-31-45-94)95-46-32-26-33-47-95)68-56-88-62-74-101(75-63-88)109(98-52-38-29-39-53-98)102-76-64-89(65-77-102)57-69-93-85-104(111-79-41-22-18-14-10-6-2)91(83-106(93)113-81-43-24-20-16-12-8-4)67-55-87-60-72-100(73-61-87)108(96-48-34-27-35-49-96)97-50-36-28-37-51-97/h25-39,44-77,82-85H,5-24,40-43,78-81H2,1-4H3/b66-54+,67-55+,68-56+,69-57+. The molecule has 7 nitrogen and oxygen atoms in total. The topological polar surface area (TPSA) is 46.6 Å². The summed E-state index contributed by atoms with van der Waals surface area (Å²) in [5.41, 5.74) is 18.2. The van der Waals surface area contributed by atoms with Crippen LogP contribution in [0.25, 0.3) is 48.6 Å². The molecule has 0 spiro atoms. The molecule has 0 radical (unpaired) electrons.